The number of rotatable bonds is 4. The molecule has 5 nitrogen and oxygen atoms in total. The predicted octanol–water partition coefficient (Wildman–Crippen LogP) is 1.99. The topological polar surface area (TPSA) is 71.2 Å². The molecule has 0 saturated heterocycles. The first-order valence-corrected chi connectivity index (χ1v) is 5.85. The molecule has 0 unspecified atom stereocenters. The normalized spacial score (nSPS) is 10.8. The molecule has 18 heavy (non-hydrogen) atoms. The zero-order valence-corrected chi connectivity index (χ0v) is 10.8. The minimum atomic E-state index is 0.367. The Morgan fingerprint density at radius 3 is 2.39 bits per heavy atom. The smallest absolute Gasteiger partial charge is 0.240 e. The monoisotopic (exact) mass is 247 g/mol. The largest absolute Gasteiger partial charge is 0.507 e. The van der Waals surface area contributed by atoms with E-state index in [1.54, 1.807) is 6.92 Å². The summed E-state index contributed by atoms with van der Waals surface area (Å²) in [6.45, 7) is 6.82. The predicted molar refractivity (Wildman–Crippen MR) is 67.2 cm³/mol. The van der Waals surface area contributed by atoms with Crippen LogP contribution in [0, 0.1) is 20.8 Å². The van der Waals surface area contributed by atoms with Gasteiger partial charge in [0.2, 0.25) is 5.89 Å². The van der Waals surface area contributed by atoms with Crippen LogP contribution in [0.15, 0.2) is 16.7 Å². The average Bonchev–Trinajstić information content (AvgIpc) is 2.72. The second-order valence-electron chi connectivity index (χ2n) is 4.42. The number of nitrogens with zero attached hydrogens (tertiary/aromatic N) is 2. The number of aromatic nitrogens is 2. The van der Waals surface area contributed by atoms with E-state index < -0.39 is 0 Å². The minimum absolute atomic E-state index is 0.367. The van der Waals surface area contributed by atoms with Crippen molar-refractivity contribution in [3.05, 3.63) is 40.5 Å². The summed E-state index contributed by atoms with van der Waals surface area (Å²) in [6, 6.07) is 3.93. The van der Waals surface area contributed by atoms with Crippen molar-refractivity contribution in [2.24, 2.45) is 0 Å². The molecule has 0 radical (unpaired) electrons. The molecule has 5 heteroatoms. The third-order valence-electron chi connectivity index (χ3n) is 2.73. The quantitative estimate of drug-likeness (QED) is 0.864. The first-order valence-electron chi connectivity index (χ1n) is 5.85. The van der Waals surface area contributed by atoms with Crippen LogP contribution in [-0.4, -0.2) is 15.2 Å². The van der Waals surface area contributed by atoms with Crippen molar-refractivity contribution in [2.45, 2.75) is 33.9 Å². The third-order valence-corrected chi connectivity index (χ3v) is 2.73. The van der Waals surface area contributed by atoms with Gasteiger partial charge >= 0.3 is 0 Å². The van der Waals surface area contributed by atoms with Crippen LogP contribution in [0.4, 0.5) is 0 Å². The van der Waals surface area contributed by atoms with Crippen LogP contribution in [0.5, 0.6) is 5.75 Å². The summed E-state index contributed by atoms with van der Waals surface area (Å²) in [6.07, 6.45) is 0. The van der Waals surface area contributed by atoms with Crippen LogP contribution >= 0.6 is 0 Å². The van der Waals surface area contributed by atoms with Crippen molar-refractivity contribution in [2.75, 3.05) is 0 Å². The highest BCUT2D eigenvalue weighted by atomic mass is 16.5. The van der Waals surface area contributed by atoms with Gasteiger partial charge in [-0.25, -0.2) is 0 Å². The van der Waals surface area contributed by atoms with Gasteiger partial charge in [-0.15, -0.1) is 0 Å². The lowest BCUT2D eigenvalue weighted by atomic mass is 10.1. The lowest BCUT2D eigenvalue weighted by molar-refractivity contribution is 0.364. The van der Waals surface area contributed by atoms with Gasteiger partial charge in [0.25, 0.3) is 0 Å². The van der Waals surface area contributed by atoms with Gasteiger partial charge in [-0.2, -0.15) is 4.98 Å². The van der Waals surface area contributed by atoms with Gasteiger partial charge in [0, 0.05) is 6.54 Å². The molecule has 0 amide bonds. The van der Waals surface area contributed by atoms with Crippen molar-refractivity contribution in [3.8, 4) is 5.75 Å². The number of aromatic hydroxyl groups is 1. The van der Waals surface area contributed by atoms with E-state index in [1.165, 1.54) is 0 Å². The Morgan fingerprint density at radius 2 is 1.83 bits per heavy atom. The van der Waals surface area contributed by atoms with Crippen LogP contribution in [0.1, 0.15) is 28.4 Å². The molecule has 0 saturated carbocycles. The van der Waals surface area contributed by atoms with E-state index in [4.69, 9.17) is 4.52 Å². The minimum Gasteiger partial charge on any atom is -0.507 e. The van der Waals surface area contributed by atoms with E-state index in [-0.39, 0.29) is 0 Å². The number of benzene rings is 1. The molecular weight excluding hydrogens is 230 g/mol. The van der Waals surface area contributed by atoms with Crippen LogP contribution in [0.2, 0.25) is 0 Å². The molecule has 2 aromatic rings. The summed E-state index contributed by atoms with van der Waals surface area (Å²) >= 11 is 0. The Kier molecular flexibility index (Phi) is 3.62. The summed E-state index contributed by atoms with van der Waals surface area (Å²) in [4.78, 5) is 4.11. The van der Waals surface area contributed by atoms with Crippen LogP contribution in [0.3, 0.4) is 0 Å². The zero-order valence-electron chi connectivity index (χ0n) is 10.8. The van der Waals surface area contributed by atoms with Crippen molar-refractivity contribution in [3.63, 3.8) is 0 Å². The first-order chi connectivity index (χ1) is 8.56. The highest BCUT2D eigenvalue weighted by molar-refractivity contribution is 5.42. The summed E-state index contributed by atoms with van der Waals surface area (Å²) in [7, 11) is 0. The van der Waals surface area contributed by atoms with Crippen LogP contribution in [0.25, 0.3) is 0 Å². The average molecular weight is 247 g/mol. The highest BCUT2D eigenvalue weighted by Gasteiger charge is 2.05. The number of aryl methyl sites for hydroxylation is 3. The summed E-state index contributed by atoms with van der Waals surface area (Å²) in [5.74, 6) is 1.59. The molecule has 96 valence electrons. The van der Waals surface area contributed by atoms with Crippen molar-refractivity contribution < 1.29 is 9.63 Å². The van der Waals surface area contributed by atoms with E-state index >= 15 is 0 Å². The van der Waals surface area contributed by atoms with E-state index in [0.29, 0.717) is 30.6 Å². The number of hydrogen-bond donors (Lipinski definition) is 2. The molecule has 0 atom stereocenters. The Hall–Kier alpha value is -1.88. The third kappa shape index (κ3) is 2.87. The molecule has 0 bridgehead atoms. The fourth-order valence-corrected chi connectivity index (χ4v) is 1.87. The van der Waals surface area contributed by atoms with E-state index in [2.05, 4.69) is 15.5 Å². The van der Waals surface area contributed by atoms with E-state index in [0.717, 1.165) is 16.7 Å². The summed E-state index contributed by atoms with van der Waals surface area (Å²) in [5, 5.41) is 16.6. The van der Waals surface area contributed by atoms with Crippen LogP contribution < -0.4 is 5.32 Å². The molecular formula is C13H17N3O2. The molecule has 0 aliphatic heterocycles. The van der Waals surface area contributed by atoms with Gasteiger partial charge < -0.3 is 14.9 Å². The first kappa shape index (κ1) is 12.6. The lowest BCUT2D eigenvalue weighted by Gasteiger charge is -2.08. The van der Waals surface area contributed by atoms with Crippen molar-refractivity contribution >= 4 is 0 Å². The molecule has 0 spiro atoms. The number of hydrogen-bond acceptors (Lipinski definition) is 5. The van der Waals surface area contributed by atoms with E-state index in [1.807, 2.05) is 26.0 Å². The Labute approximate surface area is 106 Å². The van der Waals surface area contributed by atoms with E-state index in [9.17, 15) is 5.11 Å². The van der Waals surface area contributed by atoms with Gasteiger partial charge in [0.05, 0.1) is 6.54 Å². The Balaban J connectivity index is 1.94. The van der Waals surface area contributed by atoms with Gasteiger partial charge in [-0.1, -0.05) is 17.3 Å². The SMILES string of the molecule is Cc1noc(CNCc2cc(C)c(O)c(C)c2)n1. The standard InChI is InChI=1S/C13H17N3O2/c1-8-4-11(5-9(2)13(8)17)6-14-7-12-15-10(3)16-18-12/h4-5,14,17H,6-7H2,1-3H3. The molecule has 0 aliphatic rings. The molecule has 1 aromatic heterocycles. The maximum atomic E-state index is 9.68. The number of phenols is 1. The molecule has 2 rings (SSSR count). The molecule has 0 aliphatic carbocycles. The Morgan fingerprint density at radius 1 is 1.17 bits per heavy atom. The van der Waals surface area contributed by atoms with Crippen molar-refractivity contribution in [1.82, 2.24) is 15.5 Å². The zero-order chi connectivity index (χ0) is 13.1. The molecule has 0 fully saturated rings. The highest BCUT2D eigenvalue weighted by Crippen LogP contribution is 2.22. The second kappa shape index (κ2) is 5.18. The number of phenolic OH excluding ortho intramolecular Hbond substituents is 1. The Bertz CT molecular complexity index is 526. The maximum absolute atomic E-state index is 9.68. The fraction of sp³-hybridized carbons (Fsp3) is 0.385. The molecule has 1 heterocycles. The maximum Gasteiger partial charge on any atom is 0.240 e. The summed E-state index contributed by atoms with van der Waals surface area (Å²) < 4.78 is 5.01. The second-order valence-corrected chi connectivity index (χ2v) is 4.42. The molecule has 2 N–H and O–H groups in total. The van der Waals surface area contributed by atoms with Gasteiger partial charge in [0.1, 0.15) is 5.75 Å². The number of nitrogens with one attached hydrogen (secondary N) is 1. The van der Waals surface area contributed by atoms with Gasteiger partial charge in [0.15, 0.2) is 5.82 Å². The van der Waals surface area contributed by atoms with Gasteiger partial charge in [-0.3, -0.25) is 0 Å². The lowest BCUT2D eigenvalue weighted by Crippen LogP contribution is -2.13. The van der Waals surface area contributed by atoms with Crippen LogP contribution in [-0.2, 0) is 13.1 Å². The fourth-order valence-electron chi connectivity index (χ4n) is 1.87. The van der Waals surface area contributed by atoms with Crippen molar-refractivity contribution in [1.29, 1.82) is 0 Å². The molecule has 1 aromatic carbocycles. The van der Waals surface area contributed by atoms with Gasteiger partial charge in [-0.05, 0) is 37.5 Å². The summed E-state index contributed by atoms with van der Waals surface area (Å²) in [5.41, 5.74) is 2.90.